The molecule has 0 aromatic carbocycles. The maximum Gasteiger partial charge on any atom is 0.204 e. The maximum atomic E-state index is 4.99. The molecule has 0 aliphatic carbocycles. The van der Waals surface area contributed by atoms with Crippen molar-refractivity contribution in [1.29, 1.82) is 0 Å². The first-order valence-corrected chi connectivity index (χ1v) is 5.18. The molecule has 74 valence electrons. The summed E-state index contributed by atoms with van der Waals surface area (Å²) in [6.45, 7) is 6.30. The van der Waals surface area contributed by atoms with Gasteiger partial charge in [0.05, 0.1) is 0 Å². The Morgan fingerprint density at radius 2 is 2.15 bits per heavy atom. The molecule has 0 spiro atoms. The van der Waals surface area contributed by atoms with E-state index in [2.05, 4.69) is 35.7 Å². The van der Waals surface area contributed by atoms with E-state index < -0.39 is 0 Å². The van der Waals surface area contributed by atoms with Gasteiger partial charge in [-0.2, -0.15) is 0 Å². The Balaban J connectivity index is 2.66. The minimum atomic E-state index is 0.0677. The molecule has 13 heavy (non-hydrogen) atoms. The number of aromatic amines is 1. The van der Waals surface area contributed by atoms with Crippen LogP contribution in [0, 0.1) is 4.77 Å². The van der Waals surface area contributed by atoms with E-state index >= 15 is 0 Å². The summed E-state index contributed by atoms with van der Waals surface area (Å²) >= 11 is 6.46. The van der Waals surface area contributed by atoms with Crippen molar-refractivity contribution in [3.8, 4) is 0 Å². The minimum Gasteiger partial charge on any atom is -0.297 e. The Hall–Kier alpha value is -0.330. The minimum absolute atomic E-state index is 0.0677. The van der Waals surface area contributed by atoms with E-state index in [1.54, 1.807) is 0 Å². The van der Waals surface area contributed by atoms with Crippen LogP contribution in [0.25, 0.3) is 0 Å². The van der Waals surface area contributed by atoms with Crippen molar-refractivity contribution in [1.82, 2.24) is 19.5 Å². The lowest BCUT2D eigenvalue weighted by molar-refractivity contribution is 0.533. The number of nitrogens with zero attached hydrogens (tertiary/aromatic N) is 2. The van der Waals surface area contributed by atoms with Gasteiger partial charge in [-0.15, -0.1) is 5.10 Å². The average molecular weight is 218 g/mol. The Morgan fingerprint density at radius 3 is 2.54 bits per heavy atom. The topological polar surface area (TPSA) is 45.6 Å². The zero-order valence-corrected chi connectivity index (χ0v) is 9.84. The van der Waals surface area contributed by atoms with Crippen molar-refractivity contribution >= 4 is 24.2 Å². The molecule has 4 nitrogen and oxygen atoms in total. The normalized spacial score (nSPS) is 12.0. The predicted octanol–water partition coefficient (Wildman–Crippen LogP) is 1.87. The summed E-state index contributed by atoms with van der Waals surface area (Å²) in [7, 11) is 1.89. The summed E-state index contributed by atoms with van der Waals surface area (Å²) in [6.07, 6.45) is 0. The highest BCUT2D eigenvalue weighted by Gasteiger charge is 2.11. The van der Waals surface area contributed by atoms with Crippen molar-refractivity contribution in [3.05, 3.63) is 4.77 Å². The van der Waals surface area contributed by atoms with Crippen LogP contribution in [0.2, 0.25) is 0 Å². The van der Waals surface area contributed by atoms with Gasteiger partial charge < -0.3 is 0 Å². The predicted molar refractivity (Wildman–Crippen MR) is 57.1 cm³/mol. The number of nitrogens with one attached hydrogen (secondary N) is 2. The Labute approximate surface area is 87.3 Å². The lowest BCUT2D eigenvalue weighted by Gasteiger charge is -2.18. The molecular weight excluding hydrogens is 204 g/mol. The second kappa shape index (κ2) is 3.81. The molecule has 0 aliphatic heterocycles. The summed E-state index contributed by atoms with van der Waals surface area (Å²) in [5.74, 6) is 0. The van der Waals surface area contributed by atoms with E-state index in [1.807, 2.05) is 11.6 Å². The quantitative estimate of drug-likeness (QED) is 0.587. The van der Waals surface area contributed by atoms with Crippen molar-refractivity contribution in [3.63, 3.8) is 0 Å². The largest absolute Gasteiger partial charge is 0.297 e. The van der Waals surface area contributed by atoms with E-state index in [-0.39, 0.29) is 5.54 Å². The van der Waals surface area contributed by atoms with Crippen molar-refractivity contribution in [2.45, 2.75) is 31.5 Å². The second-order valence-corrected chi connectivity index (χ2v) is 4.98. The molecule has 0 radical (unpaired) electrons. The summed E-state index contributed by atoms with van der Waals surface area (Å²) in [5.41, 5.74) is 0.0677. The molecule has 0 bridgehead atoms. The van der Waals surface area contributed by atoms with Crippen LogP contribution >= 0.6 is 24.2 Å². The molecule has 0 aliphatic rings. The fourth-order valence-electron chi connectivity index (χ4n) is 0.623. The molecule has 0 saturated heterocycles. The lowest BCUT2D eigenvalue weighted by atomic mass is 10.1. The monoisotopic (exact) mass is 218 g/mol. The fourth-order valence-corrected chi connectivity index (χ4v) is 1.53. The third kappa shape index (κ3) is 3.13. The van der Waals surface area contributed by atoms with Crippen molar-refractivity contribution in [2.24, 2.45) is 7.05 Å². The van der Waals surface area contributed by atoms with Gasteiger partial charge in [-0.1, -0.05) is 0 Å². The highest BCUT2D eigenvalue weighted by atomic mass is 32.2. The van der Waals surface area contributed by atoms with Crippen LogP contribution in [0.1, 0.15) is 20.8 Å². The van der Waals surface area contributed by atoms with Gasteiger partial charge in [0.1, 0.15) is 0 Å². The SMILES string of the molecule is Cn1c(SNC(C)(C)C)n[nH]c1=S. The first-order chi connectivity index (χ1) is 5.90. The van der Waals surface area contributed by atoms with Gasteiger partial charge in [-0.25, -0.2) is 0 Å². The Bertz CT molecular complexity index is 333. The van der Waals surface area contributed by atoms with Crippen LogP contribution in [0.5, 0.6) is 0 Å². The number of rotatable bonds is 2. The zero-order chi connectivity index (χ0) is 10.1. The highest BCUT2D eigenvalue weighted by Crippen LogP contribution is 2.14. The molecule has 0 atom stereocenters. The third-order valence-corrected chi connectivity index (χ3v) is 2.91. The van der Waals surface area contributed by atoms with Gasteiger partial charge in [0, 0.05) is 12.6 Å². The number of aromatic nitrogens is 3. The van der Waals surface area contributed by atoms with E-state index in [0.717, 1.165) is 5.16 Å². The Kier molecular flexibility index (Phi) is 3.15. The molecule has 1 rings (SSSR count). The van der Waals surface area contributed by atoms with Crippen LogP contribution in [-0.4, -0.2) is 20.3 Å². The van der Waals surface area contributed by atoms with Crippen LogP contribution in [0.15, 0.2) is 5.16 Å². The van der Waals surface area contributed by atoms with Gasteiger partial charge in [0.25, 0.3) is 0 Å². The van der Waals surface area contributed by atoms with Crippen molar-refractivity contribution < 1.29 is 0 Å². The molecule has 1 aromatic rings. The van der Waals surface area contributed by atoms with Gasteiger partial charge in [-0.3, -0.25) is 14.4 Å². The average Bonchev–Trinajstić information content (AvgIpc) is 2.29. The van der Waals surface area contributed by atoms with Gasteiger partial charge in [0.2, 0.25) is 5.16 Å². The molecule has 6 heteroatoms. The second-order valence-electron chi connectivity index (χ2n) is 3.82. The molecular formula is C7H14N4S2. The zero-order valence-electron chi connectivity index (χ0n) is 8.21. The van der Waals surface area contributed by atoms with E-state index in [0.29, 0.717) is 4.77 Å². The molecule has 0 unspecified atom stereocenters. The highest BCUT2D eigenvalue weighted by molar-refractivity contribution is 7.97. The van der Waals surface area contributed by atoms with Gasteiger partial charge in [-0.05, 0) is 44.9 Å². The summed E-state index contributed by atoms with van der Waals surface area (Å²) < 4.78 is 5.73. The summed E-state index contributed by atoms with van der Waals surface area (Å²) in [4.78, 5) is 0. The fraction of sp³-hybridized carbons (Fsp3) is 0.714. The molecule has 0 amide bonds. The van der Waals surface area contributed by atoms with E-state index in [4.69, 9.17) is 12.2 Å². The van der Waals surface area contributed by atoms with E-state index in [9.17, 15) is 0 Å². The smallest absolute Gasteiger partial charge is 0.204 e. The molecule has 1 heterocycles. The standard InChI is InChI=1S/C7H14N4S2/c1-7(2,3)10-13-6-9-8-5(12)11(6)4/h10H,1-4H3,(H,8,12). The molecule has 0 fully saturated rings. The first kappa shape index (κ1) is 10.7. The number of hydrogen-bond donors (Lipinski definition) is 2. The molecule has 1 aromatic heterocycles. The van der Waals surface area contributed by atoms with Gasteiger partial charge >= 0.3 is 0 Å². The first-order valence-electron chi connectivity index (χ1n) is 3.95. The van der Waals surface area contributed by atoms with Crippen LogP contribution < -0.4 is 4.72 Å². The Morgan fingerprint density at radius 1 is 1.54 bits per heavy atom. The van der Waals surface area contributed by atoms with Crippen LogP contribution in [-0.2, 0) is 7.05 Å². The summed E-state index contributed by atoms with van der Waals surface area (Å²) in [5, 5.41) is 7.64. The van der Waals surface area contributed by atoms with E-state index in [1.165, 1.54) is 11.9 Å². The number of H-pyrrole nitrogens is 1. The van der Waals surface area contributed by atoms with Crippen LogP contribution in [0.3, 0.4) is 0 Å². The maximum absolute atomic E-state index is 4.99. The van der Waals surface area contributed by atoms with Crippen molar-refractivity contribution in [2.75, 3.05) is 0 Å². The lowest BCUT2D eigenvalue weighted by Crippen LogP contribution is -2.30. The van der Waals surface area contributed by atoms with Gasteiger partial charge in [0.15, 0.2) is 4.77 Å². The molecule has 0 saturated carbocycles. The van der Waals surface area contributed by atoms with Crippen LogP contribution in [0.4, 0.5) is 0 Å². The molecule has 2 N–H and O–H groups in total. The number of hydrogen-bond acceptors (Lipinski definition) is 4. The third-order valence-electron chi connectivity index (χ3n) is 1.29. The summed E-state index contributed by atoms with van der Waals surface area (Å²) in [6, 6.07) is 0.